The molecule has 150 valence electrons. The lowest BCUT2D eigenvalue weighted by Gasteiger charge is -2.14. The number of ether oxygens (including phenoxy) is 1. The number of hydrogen-bond donors (Lipinski definition) is 1. The number of amides is 1. The van der Waals surface area contributed by atoms with Crippen LogP contribution < -0.4 is 10.1 Å². The van der Waals surface area contributed by atoms with E-state index in [1.54, 1.807) is 18.3 Å². The molecule has 3 aromatic heterocycles. The number of aromatic nitrogens is 3. The summed E-state index contributed by atoms with van der Waals surface area (Å²) in [7, 11) is 0. The van der Waals surface area contributed by atoms with Crippen molar-refractivity contribution in [3.05, 3.63) is 89.9 Å². The maximum Gasteiger partial charge on any atom is 0.259 e. The molecule has 0 saturated carbocycles. The Kier molecular flexibility index (Phi) is 5.81. The van der Waals surface area contributed by atoms with E-state index >= 15 is 0 Å². The predicted molar refractivity (Wildman–Crippen MR) is 118 cm³/mol. The molecule has 0 unspecified atom stereocenters. The van der Waals surface area contributed by atoms with E-state index in [0.29, 0.717) is 16.6 Å². The number of rotatable bonds is 6. The average molecular weight is 417 g/mol. The Morgan fingerprint density at radius 1 is 1.03 bits per heavy atom. The normalized spacial score (nSPS) is 11.7. The van der Waals surface area contributed by atoms with Crippen LogP contribution in [-0.4, -0.2) is 20.9 Å². The molecule has 0 fully saturated rings. The molecule has 0 radical (unpaired) electrons. The highest BCUT2D eigenvalue weighted by atomic mass is 32.1. The predicted octanol–water partition coefficient (Wildman–Crippen LogP) is 5.30. The highest BCUT2D eigenvalue weighted by Crippen LogP contribution is 2.31. The van der Waals surface area contributed by atoms with Gasteiger partial charge in [-0.25, -0.2) is 9.97 Å². The third-order valence-electron chi connectivity index (χ3n) is 4.48. The second-order valence-electron chi connectivity index (χ2n) is 6.66. The van der Waals surface area contributed by atoms with E-state index in [0.717, 1.165) is 21.8 Å². The van der Waals surface area contributed by atoms with Crippen LogP contribution in [0.3, 0.4) is 0 Å². The van der Waals surface area contributed by atoms with Crippen LogP contribution in [0.1, 0.15) is 34.6 Å². The van der Waals surface area contributed by atoms with Gasteiger partial charge in [0, 0.05) is 18.5 Å². The average Bonchev–Trinajstić information content (AvgIpc) is 3.15. The van der Waals surface area contributed by atoms with Crippen molar-refractivity contribution in [1.29, 1.82) is 0 Å². The van der Waals surface area contributed by atoms with Gasteiger partial charge in [-0.3, -0.25) is 15.1 Å². The maximum atomic E-state index is 12.6. The topological polar surface area (TPSA) is 77.0 Å². The molecule has 1 amide bonds. The van der Waals surface area contributed by atoms with Crippen LogP contribution in [0.4, 0.5) is 5.13 Å². The van der Waals surface area contributed by atoms with Crippen LogP contribution >= 0.6 is 11.3 Å². The van der Waals surface area contributed by atoms with Gasteiger partial charge in [0.05, 0.1) is 21.8 Å². The Morgan fingerprint density at radius 3 is 2.53 bits per heavy atom. The second kappa shape index (κ2) is 8.84. The summed E-state index contributed by atoms with van der Waals surface area (Å²) < 4.78 is 5.86. The molecule has 30 heavy (non-hydrogen) atoms. The Balaban J connectivity index is 1.42. The molecule has 7 heteroatoms. The summed E-state index contributed by atoms with van der Waals surface area (Å²) in [6.07, 6.45) is 3.10. The minimum absolute atomic E-state index is 0.137. The quantitative estimate of drug-likeness (QED) is 0.461. The summed E-state index contributed by atoms with van der Waals surface area (Å²) in [5, 5.41) is 3.36. The zero-order valence-corrected chi connectivity index (χ0v) is 17.4. The van der Waals surface area contributed by atoms with Gasteiger partial charge in [0.2, 0.25) is 5.88 Å². The van der Waals surface area contributed by atoms with Gasteiger partial charge < -0.3 is 4.74 Å². The Bertz CT molecular complexity index is 1130. The highest BCUT2D eigenvalue weighted by Gasteiger charge is 2.15. The fourth-order valence-electron chi connectivity index (χ4n) is 2.91. The minimum atomic E-state index is -0.272. The van der Waals surface area contributed by atoms with Crippen molar-refractivity contribution in [2.75, 3.05) is 5.32 Å². The van der Waals surface area contributed by atoms with E-state index in [2.05, 4.69) is 20.3 Å². The molecule has 0 aliphatic heterocycles. The first kappa shape index (κ1) is 19.7. The van der Waals surface area contributed by atoms with Crippen molar-refractivity contribution in [2.45, 2.75) is 20.0 Å². The lowest BCUT2D eigenvalue weighted by atomic mass is 10.1. The van der Waals surface area contributed by atoms with Crippen LogP contribution in [0.2, 0.25) is 0 Å². The highest BCUT2D eigenvalue weighted by molar-refractivity contribution is 7.19. The zero-order chi connectivity index (χ0) is 20.9. The van der Waals surface area contributed by atoms with Gasteiger partial charge in [-0.05, 0) is 37.6 Å². The number of pyridine rings is 2. The number of anilines is 1. The van der Waals surface area contributed by atoms with E-state index in [-0.39, 0.29) is 12.0 Å². The first-order valence-corrected chi connectivity index (χ1v) is 10.3. The van der Waals surface area contributed by atoms with Crippen LogP contribution in [0.15, 0.2) is 73.1 Å². The Morgan fingerprint density at radius 2 is 1.83 bits per heavy atom. The largest absolute Gasteiger partial charge is 0.470 e. The third-order valence-corrected chi connectivity index (χ3v) is 5.58. The summed E-state index contributed by atoms with van der Waals surface area (Å²) in [4.78, 5) is 26.6. The number of hydrogen-bond acceptors (Lipinski definition) is 6. The standard InChI is InChI=1S/C23H20N4O2S/c1-15-21(19-10-6-7-13-24-19)30-23(26-15)27-22(28)18-11-12-20(25-14-18)29-16(2)17-8-4-3-5-9-17/h3-14,16H,1-2H3,(H,26,27,28)/t16-/m0/s1. The molecule has 1 atom stereocenters. The molecule has 0 saturated heterocycles. The second-order valence-corrected chi connectivity index (χ2v) is 7.66. The van der Waals surface area contributed by atoms with E-state index in [1.807, 2.05) is 62.4 Å². The SMILES string of the molecule is Cc1nc(NC(=O)c2ccc(O[C@@H](C)c3ccccc3)nc2)sc1-c1ccccn1. The van der Waals surface area contributed by atoms with Gasteiger partial charge in [-0.15, -0.1) is 0 Å². The molecule has 6 nitrogen and oxygen atoms in total. The monoisotopic (exact) mass is 416 g/mol. The van der Waals surface area contributed by atoms with Gasteiger partial charge in [-0.1, -0.05) is 47.7 Å². The Hall–Kier alpha value is -3.58. The number of benzene rings is 1. The lowest BCUT2D eigenvalue weighted by molar-refractivity contribution is 0.102. The van der Waals surface area contributed by atoms with E-state index < -0.39 is 0 Å². The molecule has 4 rings (SSSR count). The van der Waals surface area contributed by atoms with Crippen LogP contribution in [0.5, 0.6) is 5.88 Å². The molecular weight excluding hydrogens is 396 g/mol. The van der Waals surface area contributed by atoms with Crippen molar-refractivity contribution in [1.82, 2.24) is 15.0 Å². The molecule has 3 heterocycles. The van der Waals surface area contributed by atoms with Gasteiger partial charge in [0.15, 0.2) is 5.13 Å². The van der Waals surface area contributed by atoms with Crippen molar-refractivity contribution in [3.63, 3.8) is 0 Å². The Labute approximate surface area is 178 Å². The summed E-state index contributed by atoms with van der Waals surface area (Å²) in [5.74, 6) is 0.192. The zero-order valence-electron chi connectivity index (χ0n) is 16.6. The fourth-order valence-corrected chi connectivity index (χ4v) is 3.85. The molecule has 0 spiro atoms. The van der Waals surface area contributed by atoms with Gasteiger partial charge in [0.1, 0.15) is 6.10 Å². The van der Waals surface area contributed by atoms with Crippen molar-refractivity contribution in [3.8, 4) is 16.5 Å². The van der Waals surface area contributed by atoms with Crippen LogP contribution in [0.25, 0.3) is 10.6 Å². The summed E-state index contributed by atoms with van der Waals surface area (Å²) in [6, 6.07) is 19.0. The number of thiazole rings is 1. The van der Waals surface area contributed by atoms with Crippen molar-refractivity contribution in [2.24, 2.45) is 0 Å². The van der Waals surface area contributed by atoms with E-state index in [1.165, 1.54) is 17.5 Å². The summed E-state index contributed by atoms with van der Waals surface area (Å²) in [5.41, 5.74) is 3.15. The van der Waals surface area contributed by atoms with Gasteiger partial charge in [-0.2, -0.15) is 0 Å². The number of carbonyl (C=O) groups is 1. The molecule has 1 N–H and O–H groups in total. The molecule has 1 aromatic carbocycles. The van der Waals surface area contributed by atoms with E-state index in [9.17, 15) is 4.79 Å². The smallest absolute Gasteiger partial charge is 0.259 e. The minimum Gasteiger partial charge on any atom is -0.470 e. The van der Waals surface area contributed by atoms with Crippen LogP contribution in [-0.2, 0) is 0 Å². The number of aryl methyl sites for hydroxylation is 1. The maximum absolute atomic E-state index is 12.6. The lowest BCUT2D eigenvalue weighted by Crippen LogP contribution is -2.12. The van der Waals surface area contributed by atoms with Gasteiger partial charge >= 0.3 is 0 Å². The van der Waals surface area contributed by atoms with E-state index in [4.69, 9.17) is 4.74 Å². The third kappa shape index (κ3) is 4.52. The van der Waals surface area contributed by atoms with Crippen molar-refractivity contribution >= 4 is 22.4 Å². The molecule has 0 aliphatic rings. The molecular formula is C23H20N4O2S. The van der Waals surface area contributed by atoms with Crippen LogP contribution in [0, 0.1) is 6.92 Å². The molecule has 0 aliphatic carbocycles. The molecule has 4 aromatic rings. The first-order valence-electron chi connectivity index (χ1n) is 9.48. The number of nitrogens with zero attached hydrogens (tertiary/aromatic N) is 3. The van der Waals surface area contributed by atoms with Gasteiger partial charge in [0.25, 0.3) is 5.91 Å². The number of carbonyl (C=O) groups excluding carboxylic acids is 1. The molecule has 0 bridgehead atoms. The fraction of sp³-hybridized carbons (Fsp3) is 0.130. The first-order chi connectivity index (χ1) is 14.6. The summed E-state index contributed by atoms with van der Waals surface area (Å²) in [6.45, 7) is 3.86. The van der Waals surface area contributed by atoms with Crippen molar-refractivity contribution < 1.29 is 9.53 Å². The summed E-state index contributed by atoms with van der Waals surface area (Å²) >= 11 is 1.39. The number of nitrogens with one attached hydrogen (secondary N) is 1.